The third kappa shape index (κ3) is 4.12. The van der Waals surface area contributed by atoms with Gasteiger partial charge in [-0.2, -0.15) is 0 Å². The number of hydrogen-bond acceptors (Lipinski definition) is 6. The van der Waals surface area contributed by atoms with Crippen molar-refractivity contribution in [3.05, 3.63) is 42.5 Å². The number of nitrogens with one attached hydrogen (secondary N) is 1. The maximum absolute atomic E-state index is 10.9. The molecule has 6 nitrogen and oxygen atoms in total. The van der Waals surface area contributed by atoms with Crippen molar-refractivity contribution in [1.29, 1.82) is 0 Å². The molecule has 0 aliphatic carbocycles. The number of anilines is 4. The van der Waals surface area contributed by atoms with E-state index in [2.05, 4.69) is 5.32 Å². The summed E-state index contributed by atoms with van der Waals surface area (Å²) >= 11 is 0. The zero-order valence-corrected chi connectivity index (χ0v) is 13.6. The van der Waals surface area contributed by atoms with Gasteiger partial charge in [0.15, 0.2) is 0 Å². The first-order chi connectivity index (χ1) is 8.86. The maximum atomic E-state index is 10.9. The van der Waals surface area contributed by atoms with Gasteiger partial charge in [-0.3, -0.25) is 0 Å². The quantitative estimate of drug-likeness (QED) is 0.360. The van der Waals surface area contributed by atoms with Gasteiger partial charge in [0.05, 0.1) is 16.3 Å². The summed E-state index contributed by atoms with van der Waals surface area (Å²) in [5.41, 5.74) is 13.3. The largest absolute Gasteiger partial charge is 1.00 e. The van der Waals surface area contributed by atoms with Crippen molar-refractivity contribution in [2.24, 2.45) is 0 Å². The Labute approximate surface area is 139 Å². The molecule has 2 rings (SSSR count). The number of nitrogens with two attached hydrogens (primary N) is 2. The van der Waals surface area contributed by atoms with Gasteiger partial charge >= 0.3 is 29.6 Å². The SMILES string of the molecule is Nc1ccc(Nc2cccc(S(=O)(=O)[O-])c2)c(N)c1.[Na+]. The molecule has 20 heavy (non-hydrogen) atoms. The zero-order valence-electron chi connectivity index (χ0n) is 10.8. The van der Waals surface area contributed by atoms with Crippen molar-refractivity contribution in [2.45, 2.75) is 4.90 Å². The van der Waals surface area contributed by atoms with Gasteiger partial charge < -0.3 is 21.3 Å². The van der Waals surface area contributed by atoms with Gasteiger partial charge in [-0.25, -0.2) is 8.42 Å². The Morgan fingerprint density at radius 3 is 2.35 bits per heavy atom. The predicted octanol–water partition coefficient (Wildman–Crippen LogP) is -1.50. The van der Waals surface area contributed by atoms with Gasteiger partial charge in [-0.15, -0.1) is 0 Å². The summed E-state index contributed by atoms with van der Waals surface area (Å²) < 4.78 is 32.8. The molecule has 0 aliphatic rings. The van der Waals surface area contributed by atoms with E-state index >= 15 is 0 Å². The van der Waals surface area contributed by atoms with E-state index in [1.807, 2.05) is 0 Å². The van der Waals surface area contributed by atoms with Gasteiger partial charge in [0.1, 0.15) is 10.1 Å². The van der Waals surface area contributed by atoms with E-state index in [0.717, 1.165) is 0 Å². The first kappa shape index (κ1) is 16.8. The van der Waals surface area contributed by atoms with E-state index in [4.69, 9.17) is 11.5 Å². The van der Waals surface area contributed by atoms with Crippen LogP contribution in [0.25, 0.3) is 0 Å². The second-order valence-electron chi connectivity index (χ2n) is 3.95. The molecule has 0 saturated heterocycles. The van der Waals surface area contributed by atoms with Crippen LogP contribution in [0.3, 0.4) is 0 Å². The van der Waals surface area contributed by atoms with E-state index in [-0.39, 0.29) is 34.5 Å². The van der Waals surface area contributed by atoms with Crippen LogP contribution in [0.4, 0.5) is 22.7 Å². The summed E-state index contributed by atoms with van der Waals surface area (Å²) in [6.07, 6.45) is 0. The number of rotatable bonds is 3. The third-order valence-electron chi connectivity index (χ3n) is 2.48. The second kappa shape index (κ2) is 6.47. The summed E-state index contributed by atoms with van der Waals surface area (Å²) in [5, 5.41) is 2.93. The first-order valence-corrected chi connectivity index (χ1v) is 6.75. The average molecular weight is 301 g/mol. The van der Waals surface area contributed by atoms with E-state index in [9.17, 15) is 13.0 Å². The molecule has 0 amide bonds. The van der Waals surface area contributed by atoms with Crippen LogP contribution < -0.4 is 46.3 Å². The van der Waals surface area contributed by atoms with Crippen molar-refractivity contribution in [2.75, 3.05) is 16.8 Å². The molecule has 0 spiro atoms. The first-order valence-electron chi connectivity index (χ1n) is 5.34. The molecule has 0 radical (unpaired) electrons. The normalized spacial score (nSPS) is 10.7. The summed E-state index contributed by atoms with van der Waals surface area (Å²) in [6, 6.07) is 10.5. The third-order valence-corrected chi connectivity index (χ3v) is 3.31. The molecule has 0 unspecified atom stereocenters. The minimum Gasteiger partial charge on any atom is -0.744 e. The molecule has 0 aromatic heterocycles. The topological polar surface area (TPSA) is 121 Å². The predicted molar refractivity (Wildman–Crippen MR) is 73.0 cm³/mol. The van der Waals surface area contributed by atoms with Crippen LogP contribution in [0, 0.1) is 0 Å². The standard InChI is InChI=1S/C12H13N3O3S.Na/c13-8-4-5-12(11(14)6-8)15-9-2-1-3-10(7-9)19(16,17)18;/h1-7,15H,13-14H2,(H,16,17,18);/q;+1/p-1. The molecule has 0 heterocycles. The molecule has 0 fully saturated rings. The van der Waals surface area contributed by atoms with Crippen molar-refractivity contribution in [1.82, 2.24) is 0 Å². The van der Waals surface area contributed by atoms with Gasteiger partial charge in [-0.1, -0.05) is 6.07 Å². The van der Waals surface area contributed by atoms with Crippen LogP contribution in [0.1, 0.15) is 0 Å². The average Bonchev–Trinajstić information content (AvgIpc) is 2.32. The molecule has 0 atom stereocenters. The summed E-state index contributed by atoms with van der Waals surface area (Å²) in [5.74, 6) is 0. The molecule has 2 aromatic carbocycles. The van der Waals surface area contributed by atoms with Crippen LogP contribution in [0.2, 0.25) is 0 Å². The maximum Gasteiger partial charge on any atom is 1.00 e. The molecule has 5 N–H and O–H groups in total. The van der Waals surface area contributed by atoms with E-state index < -0.39 is 10.1 Å². The Hall–Kier alpha value is -1.25. The van der Waals surface area contributed by atoms with Crippen LogP contribution in [-0.2, 0) is 10.1 Å². The van der Waals surface area contributed by atoms with Crippen LogP contribution in [-0.4, -0.2) is 13.0 Å². The molecular weight excluding hydrogens is 289 g/mol. The van der Waals surface area contributed by atoms with Gasteiger partial charge in [-0.05, 0) is 36.4 Å². The molecule has 8 heteroatoms. The summed E-state index contributed by atoms with van der Waals surface area (Å²) in [4.78, 5) is -0.300. The Kier molecular flexibility index (Phi) is 5.43. The molecule has 0 bridgehead atoms. The van der Waals surface area contributed by atoms with E-state index in [1.165, 1.54) is 18.2 Å². The fraction of sp³-hybridized carbons (Fsp3) is 0. The second-order valence-corrected chi connectivity index (χ2v) is 5.33. The molecule has 2 aromatic rings. The number of nitrogen functional groups attached to an aromatic ring is 2. The molecule has 0 saturated carbocycles. The Balaban J connectivity index is 0.00000200. The van der Waals surface area contributed by atoms with E-state index in [1.54, 1.807) is 24.3 Å². The monoisotopic (exact) mass is 301 g/mol. The fourth-order valence-electron chi connectivity index (χ4n) is 1.58. The summed E-state index contributed by atoms with van der Waals surface area (Å²) in [6.45, 7) is 0. The van der Waals surface area contributed by atoms with Crippen molar-refractivity contribution >= 4 is 32.9 Å². The Bertz CT molecular complexity index is 720. The number of benzene rings is 2. The van der Waals surface area contributed by atoms with Crippen molar-refractivity contribution in [3.63, 3.8) is 0 Å². The molecule has 100 valence electrons. The van der Waals surface area contributed by atoms with Crippen molar-refractivity contribution in [3.8, 4) is 0 Å². The van der Waals surface area contributed by atoms with Gasteiger partial charge in [0.25, 0.3) is 0 Å². The smallest absolute Gasteiger partial charge is 0.744 e. The van der Waals surface area contributed by atoms with Gasteiger partial charge in [0.2, 0.25) is 0 Å². The van der Waals surface area contributed by atoms with Crippen molar-refractivity contribution < 1.29 is 42.5 Å². The molecular formula is C12H12N3NaO3S. The van der Waals surface area contributed by atoms with Gasteiger partial charge in [0, 0.05) is 11.4 Å². The molecule has 0 aliphatic heterocycles. The fourth-order valence-corrected chi connectivity index (χ4v) is 2.10. The Morgan fingerprint density at radius 1 is 1.05 bits per heavy atom. The Morgan fingerprint density at radius 2 is 1.75 bits per heavy atom. The minimum absolute atomic E-state index is 0. The van der Waals surface area contributed by atoms with Crippen LogP contribution >= 0.6 is 0 Å². The summed E-state index contributed by atoms with van der Waals surface area (Å²) in [7, 11) is -4.48. The zero-order chi connectivity index (χ0) is 14.0. The van der Waals surface area contributed by atoms with Crippen LogP contribution in [0.5, 0.6) is 0 Å². The number of hydrogen-bond donors (Lipinski definition) is 3. The minimum atomic E-state index is -4.48. The van der Waals surface area contributed by atoms with E-state index in [0.29, 0.717) is 22.7 Å². The van der Waals surface area contributed by atoms with Crippen LogP contribution in [0.15, 0.2) is 47.4 Å².